The first-order valence-corrected chi connectivity index (χ1v) is 12.7. The van der Waals surface area contributed by atoms with Gasteiger partial charge in [-0.1, -0.05) is 6.42 Å². The summed E-state index contributed by atoms with van der Waals surface area (Å²) in [6.45, 7) is 0. The van der Waals surface area contributed by atoms with Crippen LogP contribution in [0, 0.1) is 0 Å². The van der Waals surface area contributed by atoms with Gasteiger partial charge in [0, 0.05) is 31.7 Å². The van der Waals surface area contributed by atoms with Crippen LogP contribution in [0.3, 0.4) is 0 Å². The SMILES string of the molecule is CNC.CO.Cn1cc(Nc2nc(OC3CCCCC3)c3c4c(sc3n2)CCC4CC=O)cn1. The molecule has 0 aromatic carbocycles. The number of hydrogen-bond acceptors (Lipinski definition) is 9. The van der Waals surface area contributed by atoms with E-state index in [0.29, 0.717) is 18.2 Å². The Morgan fingerprint density at radius 3 is 2.59 bits per heavy atom. The van der Waals surface area contributed by atoms with E-state index in [1.807, 2.05) is 27.3 Å². The number of aryl methyl sites for hydroxylation is 2. The second kappa shape index (κ2) is 12.8. The number of carbonyl (C=O) groups excluding carboxylic acids is 1. The zero-order valence-electron chi connectivity index (χ0n) is 20.5. The van der Waals surface area contributed by atoms with Crippen LogP contribution in [-0.2, 0) is 18.3 Å². The summed E-state index contributed by atoms with van der Waals surface area (Å²) in [5.41, 5.74) is 2.09. The quantitative estimate of drug-likeness (QED) is 0.447. The lowest BCUT2D eigenvalue weighted by Gasteiger charge is -2.23. The fraction of sp³-hybridized carbons (Fsp3) is 0.583. The summed E-state index contributed by atoms with van der Waals surface area (Å²) >= 11 is 1.71. The minimum atomic E-state index is 0.203. The Bertz CT molecular complexity index is 1060. The lowest BCUT2D eigenvalue weighted by atomic mass is 9.97. The van der Waals surface area contributed by atoms with Crippen molar-refractivity contribution in [2.45, 2.75) is 63.4 Å². The molecule has 9 nitrogen and oxygen atoms in total. The highest BCUT2D eigenvalue weighted by Gasteiger charge is 2.31. The number of hydrogen-bond donors (Lipinski definition) is 3. The van der Waals surface area contributed by atoms with Crippen LogP contribution in [0.15, 0.2) is 12.4 Å². The molecule has 3 N–H and O–H groups in total. The van der Waals surface area contributed by atoms with Crippen LogP contribution in [-0.4, -0.2) is 58.5 Å². The monoisotopic (exact) mass is 488 g/mol. The maximum absolute atomic E-state index is 11.2. The highest BCUT2D eigenvalue weighted by Crippen LogP contribution is 2.47. The van der Waals surface area contributed by atoms with Gasteiger partial charge >= 0.3 is 0 Å². The standard InChI is InChI=1S/C21H25N5O2S.C2H7N.CH4O/c1-26-12-14(11-22-26)23-21-24-19(28-15-5-3-2-4-6-15)18-17-13(9-10-27)7-8-16(17)29-20(18)25-21;1-3-2;1-2/h10-13,15H,2-9H2,1H3,(H,23,24,25);3H,1-2H3;2H,1H3. The fourth-order valence-electron chi connectivity index (χ4n) is 4.55. The second-order valence-electron chi connectivity index (χ2n) is 8.51. The molecule has 0 bridgehead atoms. The number of fused-ring (bicyclic) bond motifs is 3. The Morgan fingerprint density at radius 1 is 1.21 bits per heavy atom. The van der Waals surface area contributed by atoms with Crippen LogP contribution < -0.4 is 15.4 Å². The number of aliphatic hydroxyl groups excluding tert-OH is 1. The Kier molecular flexibility index (Phi) is 9.79. The van der Waals surface area contributed by atoms with Crippen LogP contribution in [0.4, 0.5) is 11.6 Å². The van der Waals surface area contributed by atoms with Gasteiger partial charge in [-0.25, -0.2) is 4.98 Å². The van der Waals surface area contributed by atoms with Gasteiger partial charge in [0.05, 0.1) is 17.3 Å². The van der Waals surface area contributed by atoms with Crippen LogP contribution in [0.2, 0.25) is 0 Å². The summed E-state index contributed by atoms with van der Waals surface area (Å²) in [5, 5.41) is 18.2. The van der Waals surface area contributed by atoms with Gasteiger partial charge in [0.15, 0.2) is 0 Å². The van der Waals surface area contributed by atoms with Gasteiger partial charge in [0.1, 0.15) is 17.2 Å². The summed E-state index contributed by atoms with van der Waals surface area (Å²) in [6, 6.07) is 0. The molecule has 0 saturated heterocycles. The zero-order valence-corrected chi connectivity index (χ0v) is 21.3. The summed E-state index contributed by atoms with van der Waals surface area (Å²) < 4.78 is 8.21. The lowest BCUT2D eigenvalue weighted by molar-refractivity contribution is -0.108. The second-order valence-corrected chi connectivity index (χ2v) is 9.60. The van der Waals surface area contributed by atoms with Crippen molar-refractivity contribution in [2.24, 2.45) is 7.05 Å². The van der Waals surface area contributed by atoms with E-state index >= 15 is 0 Å². The maximum atomic E-state index is 11.2. The maximum Gasteiger partial charge on any atom is 0.232 e. The molecule has 186 valence electrons. The largest absolute Gasteiger partial charge is 0.474 e. The number of anilines is 2. The van der Waals surface area contributed by atoms with Crippen LogP contribution in [0.1, 0.15) is 61.3 Å². The highest BCUT2D eigenvalue weighted by molar-refractivity contribution is 7.19. The molecule has 0 aliphatic heterocycles. The molecule has 2 aliphatic rings. The molecule has 1 unspecified atom stereocenters. The predicted octanol–water partition coefficient (Wildman–Crippen LogP) is 3.94. The molecule has 3 aromatic heterocycles. The van der Waals surface area contributed by atoms with Crippen LogP contribution in [0.25, 0.3) is 10.2 Å². The first-order chi connectivity index (χ1) is 16.6. The van der Waals surface area contributed by atoms with Gasteiger partial charge in [-0.2, -0.15) is 10.1 Å². The molecule has 3 aromatic rings. The van der Waals surface area contributed by atoms with E-state index in [-0.39, 0.29) is 12.0 Å². The highest BCUT2D eigenvalue weighted by atomic mass is 32.1. The number of nitrogens with one attached hydrogen (secondary N) is 2. The average molecular weight is 489 g/mol. The molecule has 0 radical (unpaired) electrons. The number of aldehydes is 1. The van der Waals surface area contributed by atoms with Crippen molar-refractivity contribution >= 4 is 39.5 Å². The van der Waals surface area contributed by atoms with Gasteiger partial charge < -0.3 is 25.3 Å². The smallest absolute Gasteiger partial charge is 0.232 e. The summed E-state index contributed by atoms with van der Waals surface area (Å²) in [7, 11) is 6.63. The first-order valence-electron chi connectivity index (χ1n) is 11.8. The normalized spacial score (nSPS) is 17.3. The zero-order chi connectivity index (χ0) is 24.5. The van der Waals surface area contributed by atoms with Crippen LogP contribution in [0.5, 0.6) is 5.88 Å². The van der Waals surface area contributed by atoms with E-state index in [4.69, 9.17) is 19.8 Å². The third kappa shape index (κ3) is 6.11. The van der Waals surface area contributed by atoms with Gasteiger partial charge in [0.2, 0.25) is 11.8 Å². The Hall–Kier alpha value is -2.56. The van der Waals surface area contributed by atoms with Crippen molar-refractivity contribution in [1.82, 2.24) is 25.1 Å². The third-order valence-electron chi connectivity index (χ3n) is 5.93. The topological polar surface area (TPSA) is 114 Å². The number of carbonyl (C=O) groups is 1. The van der Waals surface area contributed by atoms with E-state index in [9.17, 15) is 4.79 Å². The molecule has 3 heterocycles. The summed E-state index contributed by atoms with van der Waals surface area (Å²) in [6.07, 6.45) is 13.3. The Balaban J connectivity index is 0.000000603. The molecule has 0 spiro atoms. The predicted molar refractivity (Wildman–Crippen MR) is 136 cm³/mol. The van der Waals surface area contributed by atoms with Gasteiger partial charge in [-0.3, -0.25) is 4.68 Å². The van der Waals surface area contributed by atoms with Crippen molar-refractivity contribution in [3.8, 4) is 5.88 Å². The number of rotatable bonds is 6. The number of aliphatic hydroxyl groups is 1. The lowest BCUT2D eigenvalue weighted by Crippen LogP contribution is -2.20. The van der Waals surface area contributed by atoms with Crippen molar-refractivity contribution in [2.75, 3.05) is 26.5 Å². The van der Waals surface area contributed by atoms with Crippen molar-refractivity contribution < 1.29 is 14.6 Å². The van der Waals surface area contributed by atoms with E-state index in [1.54, 1.807) is 22.2 Å². The van der Waals surface area contributed by atoms with Crippen molar-refractivity contribution in [3.05, 3.63) is 22.8 Å². The minimum absolute atomic E-state index is 0.203. The van der Waals surface area contributed by atoms with Gasteiger partial charge in [0.25, 0.3) is 0 Å². The molecule has 0 amide bonds. The van der Waals surface area contributed by atoms with Crippen molar-refractivity contribution in [1.29, 1.82) is 0 Å². The minimum Gasteiger partial charge on any atom is -0.474 e. The molecule has 10 heteroatoms. The summed E-state index contributed by atoms with van der Waals surface area (Å²) in [4.78, 5) is 23.0. The van der Waals surface area contributed by atoms with Gasteiger partial charge in [-0.15, -0.1) is 11.3 Å². The molecule has 1 atom stereocenters. The molecular formula is C24H36N6O3S. The molecule has 34 heavy (non-hydrogen) atoms. The molecule has 2 aliphatic carbocycles. The van der Waals surface area contributed by atoms with E-state index < -0.39 is 0 Å². The van der Waals surface area contributed by atoms with E-state index in [1.165, 1.54) is 29.7 Å². The molecular weight excluding hydrogens is 452 g/mol. The van der Waals surface area contributed by atoms with Gasteiger partial charge in [-0.05, 0) is 64.1 Å². The Labute approximate surface area is 205 Å². The number of aromatic nitrogens is 4. The molecule has 5 rings (SSSR count). The summed E-state index contributed by atoms with van der Waals surface area (Å²) in [5.74, 6) is 1.46. The molecule has 1 saturated carbocycles. The van der Waals surface area contributed by atoms with Crippen LogP contribution >= 0.6 is 11.3 Å². The fourth-order valence-corrected chi connectivity index (χ4v) is 5.82. The number of thiophene rings is 1. The average Bonchev–Trinajstić information content (AvgIpc) is 3.52. The van der Waals surface area contributed by atoms with Crippen molar-refractivity contribution in [3.63, 3.8) is 0 Å². The van der Waals surface area contributed by atoms with E-state index in [0.717, 1.165) is 55.0 Å². The Morgan fingerprint density at radius 2 is 1.94 bits per heavy atom. The van der Waals surface area contributed by atoms with E-state index in [2.05, 4.69) is 15.7 Å². The number of ether oxygens (including phenoxy) is 1. The molecule has 1 fully saturated rings. The third-order valence-corrected chi connectivity index (χ3v) is 7.09. The first kappa shape index (κ1) is 26.1. The number of nitrogens with zero attached hydrogens (tertiary/aromatic N) is 4.